The Bertz CT molecular complexity index is 600. The number of nitrogens with one attached hydrogen (secondary N) is 2. The minimum atomic E-state index is -4.94. The number of amides is 3. The fourth-order valence-corrected chi connectivity index (χ4v) is 2.89. The van der Waals surface area contributed by atoms with Crippen LogP contribution < -0.4 is 10.6 Å². The highest BCUT2D eigenvalue weighted by atomic mass is 19.4. The number of unbranched alkanes of at least 4 members (excludes halogenated alkanes) is 7. The Morgan fingerprint density at radius 1 is 0.676 bits per heavy atom. The Labute approximate surface area is 195 Å². The predicted octanol–water partition coefficient (Wildman–Crippen LogP) is 4.70. The monoisotopic (exact) mass is 507 g/mol. The number of nitrogens with zero attached hydrogens (tertiary/aromatic N) is 1. The van der Waals surface area contributed by atoms with E-state index in [-0.39, 0.29) is 32.7 Å². The van der Waals surface area contributed by atoms with Crippen molar-refractivity contribution in [2.75, 3.05) is 32.8 Å². The first kappa shape index (κ1) is 31.8. The molecule has 200 valence electrons. The molecule has 0 fully saturated rings. The van der Waals surface area contributed by atoms with E-state index in [1.807, 2.05) is 0 Å². The van der Waals surface area contributed by atoms with Gasteiger partial charge in [-0.15, -0.1) is 0 Å². The van der Waals surface area contributed by atoms with Crippen molar-refractivity contribution in [3.8, 4) is 0 Å². The third-order valence-corrected chi connectivity index (χ3v) is 4.78. The number of halogens is 6. The summed E-state index contributed by atoms with van der Waals surface area (Å²) in [5.41, 5.74) is 0. The van der Waals surface area contributed by atoms with Gasteiger partial charge in [0.25, 0.3) is 0 Å². The molecule has 0 unspecified atom stereocenters. The topological polar surface area (TPSA) is 87.7 Å². The highest BCUT2D eigenvalue weighted by Crippen LogP contribution is 2.15. The summed E-state index contributed by atoms with van der Waals surface area (Å²) in [5, 5.41) is 3.56. The Kier molecular flexibility index (Phi) is 16.1. The summed E-state index contributed by atoms with van der Waals surface area (Å²) in [6.07, 6.45) is -4.05. The summed E-state index contributed by atoms with van der Waals surface area (Å²) in [6.45, 7) is 2.58. The second-order valence-electron chi connectivity index (χ2n) is 7.79. The zero-order chi connectivity index (χ0) is 26.0. The number of ether oxygens (including phenoxy) is 1. The van der Waals surface area contributed by atoms with Crippen molar-refractivity contribution >= 4 is 17.9 Å². The van der Waals surface area contributed by atoms with E-state index >= 15 is 0 Å². The maximum absolute atomic E-state index is 12.3. The molecule has 0 aromatic rings. The van der Waals surface area contributed by atoms with Crippen LogP contribution in [0.15, 0.2) is 0 Å². The zero-order valence-electron chi connectivity index (χ0n) is 19.5. The lowest BCUT2D eigenvalue weighted by Gasteiger charge is -2.22. The van der Waals surface area contributed by atoms with Crippen LogP contribution in [0.25, 0.3) is 0 Å². The summed E-state index contributed by atoms with van der Waals surface area (Å²) in [5.74, 6) is -3.99. The molecule has 0 radical (unpaired) electrons. The first-order valence-corrected chi connectivity index (χ1v) is 11.5. The minimum absolute atomic E-state index is 0.106. The molecule has 0 aliphatic rings. The van der Waals surface area contributed by atoms with Crippen molar-refractivity contribution in [3.63, 3.8) is 0 Å². The van der Waals surface area contributed by atoms with Gasteiger partial charge in [-0.3, -0.25) is 9.59 Å². The van der Waals surface area contributed by atoms with Gasteiger partial charge in [0.1, 0.15) is 0 Å². The van der Waals surface area contributed by atoms with E-state index < -0.39 is 30.3 Å². The fraction of sp³-hybridized carbons (Fsp3) is 0.857. The van der Waals surface area contributed by atoms with Crippen molar-refractivity contribution in [1.29, 1.82) is 0 Å². The van der Waals surface area contributed by atoms with E-state index in [0.29, 0.717) is 38.6 Å². The van der Waals surface area contributed by atoms with Gasteiger partial charge < -0.3 is 20.3 Å². The van der Waals surface area contributed by atoms with Crippen LogP contribution in [-0.2, 0) is 14.3 Å². The van der Waals surface area contributed by atoms with E-state index in [1.165, 1.54) is 4.90 Å². The SMILES string of the molecule is CCCCCCOC(=O)N(CCCCCCNC(=O)C(F)(F)F)CCCCNC(=O)C(F)(F)F. The summed E-state index contributed by atoms with van der Waals surface area (Å²) >= 11 is 0. The number of hydrogen-bond acceptors (Lipinski definition) is 4. The quantitative estimate of drug-likeness (QED) is 0.221. The van der Waals surface area contributed by atoms with Crippen LogP contribution in [0.3, 0.4) is 0 Å². The molecule has 0 aliphatic heterocycles. The Balaban J connectivity index is 4.31. The fourth-order valence-electron chi connectivity index (χ4n) is 2.89. The number of hydrogen-bond donors (Lipinski definition) is 2. The molecule has 13 heteroatoms. The van der Waals surface area contributed by atoms with Gasteiger partial charge in [0, 0.05) is 26.2 Å². The van der Waals surface area contributed by atoms with Crippen LogP contribution in [0.4, 0.5) is 31.1 Å². The number of rotatable bonds is 17. The molecule has 3 amide bonds. The van der Waals surface area contributed by atoms with Crippen molar-refractivity contribution in [1.82, 2.24) is 15.5 Å². The molecule has 7 nitrogen and oxygen atoms in total. The van der Waals surface area contributed by atoms with Gasteiger partial charge in [-0.2, -0.15) is 26.3 Å². The van der Waals surface area contributed by atoms with Crippen molar-refractivity contribution in [3.05, 3.63) is 0 Å². The molecule has 0 saturated carbocycles. The molecule has 0 aliphatic carbocycles. The van der Waals surface area contributed by atoms with Gasteiger partial charge in [0.2, 0.25) is 0 Å². The minimum Gasteiger partial charge on any atom is -0.449 e. The van der Waals surface area contributed by atoms with Crippen molar-refractivity contribution in [2.45, 2.75) is 83.5 Å². The standard InChI is InChI=1S/C21H35F6N3O4/c1-2-3-4-11-16-34-19(33)30(15-10-8-13-29-18(32)21(25,26)27)14-9-6-5-7-12-28-17(31)20(22,23)24/h2-16H2,1H3,(H,28,31)(H,29,32). The average Bonchev–Trinajstić information content (AvgIpc) is 2.74. The molecule has 0 atom stereocenters. The highest BCUT2D eigenvalue weighted by molar-refractivity contribution is 5.81. The van der Waals surface area contributed by atoms with Crippen molar-refractivity contribution < 1.29 is 45.5 Å². The van der Waals surface area contributed by atoms with Crippen LogP contribution in [-0.4, -0.2) is 67.9 Å². The average molecular weight is 508 g/mol. The molecule has 0 spiro atoms. The molecule has 0 saturated heterocycles. The van der Waals surface area contributed by atoms with Gasteiger partial charge in [-0.25, -0.2) is 4.79 Å². The first-order chi connectivity index (χ1) is 15.9. The normalized spacial score (nSPS) is 11.7. The third-order valence-electron chi connectivity index (χ3n) is 4.78. The molecule has 0 aromatic heterocycles. The van der Waals surface area contributed by atoms with Crippen LogP contribution in [0.2, 0.25) is 0 Å². The van der Waals surface area contributed by atoms with Gasteiger partial charge in [0.15, 0.2) is 0 Å². The lowest BCUT2D eigenvalue weighted by atomic mass is 10.2. The molecule has 2 N–H and O–H groups in total. The maximum Gasteiger partial charge on any atom is 0.471 e. The van der Waals surface area contributed by atoms with Crippen LogP contribution in [0.5, 0.6) is 0 Å². The Morgan fingerprint density at radius 3 is 1.62 bits per heavy atom. The summed E-state index contributed by atoms with van der Waals surface area (Å²) in [6, 6.07) is 0. The summed E-state index contributed by atoms with van der Waals surface area (Å²) in [4.78, 5) is 35.3. The third kappa shape index (κ3) is 16.4. The van der Waals surface area contributed by atoms with E-state index in [4.69, 9.17) is 4.74 Å². The van der Waals surface area contributed by atoms with Gasteiger partial charge in [-0.1, -0.05) is 39.0 Å². The Hall–Kier alpha value is -2.21. The van der Waals surface area contributed by atoms with Crippen LogP contribution in [0.1, 0.15) is 71.1 Å². The molecular formula is C21H35F6N3O4. The van der Waals surface area contributed by atoms with Gasteiger partial charge in [0.05, 0.1) is 6.61 Å². The van der Waals surface area contributed by atoms with E-state index in [9.17, 15) is 40.7 Å². The molecule has 0 heterocycles. The molecule has 0 rings (SSSR count). The van der Waals surface area contributed by atoms with Crippen LogP contribution in [0, 0.1) is 0 Å². The largest absolute Gasteiger partial charge is 0.471 e. The predicted molar refractivity (Wildman–Crippen MR) is 113 cm³/mol. The van der Waals surface area contributed by atoms with Crippen LogP contribution >= 0.6 is 0 Å². The second kappa shape index (κ2) is 17.3. The lowest BCUT2D eigenvalue weighted by Crippen LogP contribution is -2.38. The number of carbonyl (C=O) groups excluding carboxylic acids is 3. The smallest absolute Gasteiger partial charge is 0.449 e. The van der Waals surface area contributed by atoms with E-state index in [2.05, 4.69) is 6.92 Å². The molecular weight excluding hydrogens is 472 g/mol. The molecule has 34 heavy (non-hydrogen) atoms. The highest BCUT2D eigenvalue weighted by Gasteiger charge is 2.38. The number of alkyl halides is 6. The zero-order valence-corrected chi connectivity index (χ0v) is 19.5. The van der Waals surface area contributed by atoms with Gasteiger partial charge in [-0.05, 0) is 32.1 Å². The van der Waals surface area contributed by atoms with E-state index in [0.717, 1.165) is 25.7 Å². The van der Waals surface area contributed by atoms with Crippen molar-refractivity contribution in [2.24, 2.45) is 0 Å². The molecule has 0 aromatic carbocycles. The maximum atomic E-state index is 12.3. The summed E-state index contributed by atoms with van der Waals surface area (Å²) in [7, 11) is 0. The second-order valence-corrected chi connectivity index (χ2v) is 7.79. The van der Waals surface area contributed by atoms with Gasteiger partial charge >= 0.3 is 30.3 Å². The number of carbonyl (C=O) groups is 3. The molecule has 0 bridgehead atoms. The van der Waals surface area contributed by atoms with E-state index in [1.54, 1.807) is 10.6 Å². The first-order valence-electron chi connectivity index (χ1n) is 11.5. The Morgan fingerprint density at radius 2 is 1.12 bits per heavy atom. The lowest BCUT2D eigenvalue weighted by molar-refractivity contribution is -0.173. The summed E-state index contributed by atoms with van der Waals surface area (Å²) < 4.78 is 78.1.